The van der Waals surface area contributed by atoms with Crippen molar-refractivity contribution in [3.8, 4) is 5.75 Å². The number of aryl methyl sites for hydroxylation is 1. The second kappa shape index (κ2) is 7.70. The summed E-state index contributed by atoms with van der Waals surface area (Å²) in [6.07, 6.45) is 2.44. The lowest BCUT2D eigenvalue weighted by molar-refractivity contribution is 0.0841. The molecule has 1 heterocycles. The van der Waals surface area contributed by atoms with Gasteiger partial charge in [0.2, 0.25) is 0 Å². The van der Waals surface area contributed by atoms with E-state index in [4.69, 9.17) is 15.2 Å². The second-order valence-corrected chi connectivity index (χ2v) is 6.96. The van der Waals surface area contributed by atoms with E-state index in [9.17, 15) is 4.79 Å². The molecule has 2 N–H and O–H groups in total. The van der Waals surface area contributed by atoms with Crippen LogP contribution < -0.4 is 10.5 Å². The van der Waals surface area contributed by atoms with Gasteiger partial charge in [0, 0.05) is 5.56 Å². The zero-order chi connectivity index (χ0) is 18.6. The molecule has 0 spiro atoms. The minimum atomic E-state index is -0.747. The van der Waals surface area contributed by atoms with Gasteiger partial charge in [0.25, 0.3) is 0 Å². The summed E-state index contributed by atoms with van der Waals surface area (Å²) in [7, 11) is 0. The maximum atomic E-state index is 11.5. The quantitative estimate of drug-likeness (QED) is 0.683. The highest BCUT2D eigenvalue weighted by molar-refractivity contribution is 5.86. The van der Waals surface area contributed by atoms with Crippen molar-refractivity contribution in [3.05, 3.63) is 77.9 Å². The van der Waals surface area contributed by atoms with E-state index in [0.717, 1.165) is 41.3 Å². The molecule has 3 aromatic rings. The largest absolute Gasteiger partial charge is 0.490 e. The molecule has 3 aromatic carbocycles. The summed E-state index contributed by atoms with van der Waals surface area (Å²) in [5.74, 6) is 0.964. The summed E-state index contributed by atoms with van der Waals surface area (Å²) in [5.41, 5.74) is 7.60. The summed E-state index contributed by atoms with van der Waals surface area (Å²) in [5, 5.41) is 2.21. The van der Waals surface area contributed by atoms with Gasteiger partial charge < -0.3 is 15.2 Å². The number of ether oxygens (including phenoxy) is 2. The van der Waals surface area contributed by atoms with Gasteiger partial charge in [-0.05, 0) is 48.1 Å². The summed E-state index contributed by atoms with van der Waals surface area (Å²) >= 11 is 0. The summed E-state index contributed by atoms with van der Waals surface area (Å²) < 4.78 is 11.6. The van der Waals surface area contributed by atoms with Crippen LogP contribution in [0.25, 0.3) is 10.8 Å². The molecular formula is C23H23NO3. The Morgan fingerprint density at radius 1 is 1.07 bits per heavy atom. The Bertz CT molecular complexity index is 948. The van der Waals surface area contributed by atoms with Crippen molar-refractivity contribution in [2.24, 2.45) is 5.73 Å². The highest BCUT2D eigenvalue weighted by Crippen LogP contribution is 2.33. The lowest BCUT2D eigenvalue weighted by Crippen LogP contribution is -2.24. The minimum absolute atomic E-state index is 0.119. The Hall–Kier alpha value is -3.01. The fraction of sp³-hybridized carbons (Fsp3) is 0.261. The van der Waals surface area contributed by atoms with Crippen LogP contribution in [0.1, 0.15) is 36.5 Å². The molecule has 0 bridgehead atoms. The third-order valence-electron chi connectivity index (χ3n) is 5.18. The molecule has 4 rings (SSSR count). The Labute approximate surface area is 158 Å². The summed E-state index contributed by atoms with van der Waals surface area (Å²) in [4.78, 5) is 11.5. The van der Waals surface area contributed by atoms with E-state index in [1.165, 1.54) is 5.56 Å². The molecular weight excluding hydrogens is 338 g/mol. The predicted molar refractivity (Wildman–Crippen MR) is 106 cm³/mol. The van der Waals surface area contributed by atoms with Crippen LogP contribution in [-0.4, -0.2) is 12.2 Å². The molecule has 0 aromatic heterocycles. The molecule has 1 aliphatic rings. The molecule has 27 heavy (non-hydrogen) atoms. The lowest BCUT2D eigenvalue weighted by Gasteiger charge is -2.27. The highest BCUT2D eigenvalue weighted by atomic mass is 16.6. The molecule has 2 atom stereocenters. The molecule has 0 aliphatic carbocycles. The van der Waals surface area contributed by atoms with Crippen LogP contribution in [0, 0.1) is 0 Å². The van der Waals surface area contributed by atoms with Crippen molar-refractivity contribution in [1.29, 1.82) is 0 Å². The van der Waals surface area contributed by atoms with Crippen LogP contribution in [0.15, 0.2) is 66.7 Å². The number of rotatable bonds is 5. The zero-order valence-electron chi connectivity index (χ0n) is 15.1. The van der Waals surface area contributed by atoms with Gasteiger partial charge in [0.15, 0.2) is 0 Å². The number of hydrogen-bond acceptors (Lipinski definition) is 3. The third-order valence-corrected chi connectivity index (χ3v) is 5.18. The summed E-state index contributed by atoms with van der Waals surface area (Å²) in [6, 6.07) is 22.3. The monoisotopic (exact) mass is 361 g/mol. The number of hydrogen-bond donors (Lipinski definition) is 1. The second-order valence-electron chi connectivity index (χ2n) is 6.96. The number of fused-ring (bicyclic) bond motifs is 2. The fourth-order valence-electron chi connectivity index (χ4n) is 3.87. The van der Waals surface area contributed by atoms with E-state index < -0.39 is 6.09 Å². The van der Waals surface area contributed by atoms with Gasteiger partial charge in [0.05, 0.1) is 6.10 Å². The van der Waals surface area contributed by atoms with E-state index in [-0.39, 0.29) is 12.2 Å². The predicted octanol–water partition coefficient (Wildman–Crippen LogP) is 5.15. The Morgan fingerprint density at radius 3 is 2.74 bits per heavy atom. The highest BCUT2D eigenvalue weighted by Gasteiger charge is 2.23. The molecule has 4 nitrogen and oxygen atoms in total. The van der Waals surface area contributed by atoms with E-state index in [1.807, 2.05) is 42.5 Å². The first-order valence-corrected chi connectivity index (χ1v) is 9.39. The van der Waals surface area contributed by atoms with Gasteiger partial charge in [-0.3, -0.25) is 0 Å². The Balaban J connectivity index is 1.52. The number of benzene rings is 3. The topological polar surface area (TPSA) is 61.6 Å². The van der Waals surface area contributed by atoms with Crippen molar-refractivity contribution >= 4 is 16.9 Å². The minimum Gasteiger partial charge on any atom is -0.490 e. The molecule has 0 unspecified atom stereocenters. The third kappa shape index (κ3) is 3.90. The number of carbonyl (C=O) groups is 1. The van der Waals surface area contributed by atoms with Crippen molar-refractivity contribution in [3.63, 3.8) is 0 Å². The maximum absolute atomic E-state index is 11.5. The molecule has 1 amide bonds. The van der Waals surface area contributed by atoms with E-state index in [1.54, 1.807) is 0 Å². The SMILES string of the molecule is NC(=O)O[C@H](CC[C@H]1CCc2ccccc2O1)c1cccc2ccccc12. The van der Waals surface area contributed by atoms with Crippen LogP contribution in [0.2, 0.25) is 0 Å². The van der Waals surface area contributed by atoms with Gasteiger partial charge in [-0.15, -0.1) is 0 Å². The lowest BCUT2D eigenvalue weighted by atomic mass is 9.94. The Kier molecular flexibility index (Phi) is 4.97. The van der Waals surface area contributed by atoms with Crippen LogP contribution >= 0.6 is 0 Å². The first-order chi connectivity index (χ1) is 13.2. The first kappa shape index (κ1) is 17.4. The van der Waals surface area contributed by atoms with Gasteiger partial charge in [0.1, 0.15) is 11.9 Å². The molecule has 0 saturated heterocycles. The molecule has 0 fully saturated rings. The van der Waals surface area contributed by atoms with E-state index >= 15 is 0 Å². The van der Waals surface area contributed by atoms with Crippen molar-refractivity contribution in [1.82, 2.24) is 0 Å². The smallest absolute Gasteiger partial charge is 0.405 e. The fourth-order valence-corrected chi connectivity index (χ4v) is 3.87. The van der Waals surface area contributed by atoms with E-state index in [0.29, 0.717) is 6.42 Å². The van der Waals surface area contributed by atoms with Crippen molar-refractivity contribution < 1.29 is 14.3 Å². The number of para-hydroxylation sites is 1. The maximum Gasteiger partial charge on any atom is 0.405 e. The number of primary amides is 1. The molecule has 4 heteroatoms. The molecule has 0 saturated carbocycles. The normalized spacial score (nSPS) is 17.0. The standard InChI is InChI=1S/C23H23NO3/c24-23(25)27-22(20-10-5-8-16-6-1-3-9-19(16)20)15-14-18-13-12-17-7-2-4-11-21(17)26-18/h1-11,18,22H,12-15H2,(H2,24,25)/t18-,22-/m1/s1. The Morgan fingerprint density at radius 2 is 1.85 bits per heavy atom. The summed E-state index contributed by atoms with van der Waals surface area (Å²) in [6.45, 7) is 0. The van der Waals surface area contributed by atoms with Crippen LogP contribution in [-0.2, 0) is 11.2 Å². The van der Waals surface area contributed by atoms with Crippen molar-refractivity contribution in [2.45, 2.75) is 37.9 Å². The molecule has 1 aliphatic heterocycles. The average molecular weight is 361 g/mol. The van der Waals surface area contributed by atoms with Crippen LogP contribution in [0.3, 0.4) is 0 Å². The van der Waals surface area contributed by atoms with Gasteiger partial charge in [-0.2, -0.15) is 0 Å². The number of amides is 1. The van der Waals surface area contributed by atoms with Gasteiger partial charge in [-0.25, -0.2) is 4.79 Å². The van der Waals surface area contributed by atoms with Crippen molar-refractivity contribution in [2.75, 3.05) is 0 Å². The number of nitrogens with two attached hydrogens (primary N) is 1. The van der Waals surface area contributed by atoms with Gasteiger partial charge in [-0.1, -0.05) is 60.7 Å². The zero-order valence-corrected chi connectivity index (χ0v) is 15.1. The molecule has 0 radical (unpaired) electrons. The average Bonchev–Trinajstić information content (AvgIpc) is 2.70. The number of carbonyl (C=O) groups excluding carboxylic acids is 1. The van der Waals surface area contributed by atoms with Crippen LogP contribution in [0.4, 0.5) is 4.79 Å². The molecule has 138 valence electrons. The van der Waals surface area contributed by atoms with Gasteiger partial charge >= 0.3 is 6.09 Å². The first-order valence-electron chi connectivity index (χ1n) is 9.39. The van der Waals surface area contributed by atoms with Crippen LogP contribution in [0.5, 0.6) is 5.75 Å². The van der Waals surface area contributed by atoms with E-state index in [2.05, 4.69) is 24.3 Å².